The van der Waals surface area contributed by atoms with Crippen LogP contribution in [0.1, 0.15) is 44.0 Å². The molecule has 1 atom stereocenters. The van der Waals surface area contributed by atoms with Crippen molar-refractivity contribution in [3.05, 3.63) is 53.1 Å². The Bertz CT molecular complexity index is 915. The molecule has 3 N–H and O–H groups in total. The zero-order valence-electron chi connectivity index (χ0n) is 18.4. The van der Waals surface area contributed by atoms with Gasteiger partial charge in [0.15, 0.2) is 0 Å². The van der Waals surface area contributed by atoms with Gasteiger partial charge < -0.3 is 10.7 Å². The standard InChI is InChI=1S/C22H31FN8/c1-4-18-14-31(9-8-30(18)13-17-6-5-7-26-29-17)20-12-16(10-15(2)3)11-19(23)21(20)22(27-24)28-25/h5-7,11-12,15,18,24H,4,8-10,13-14,25H2,1-3H3. The van der Waals surface area contributed by atoms with Gasteiger partial charge in [-0.1, -0.05) is 20.8 Å². The number of anilines is 1. The van der Waals surface area contributed by atoms with E-state index in [4.69, 9.17) is 11.4 Å². The molecule has 0 radical (unpaired) electrons. The molecule has 0 spiro atoms. The first-order valence-corrected chi connectivity index (χ1v) is 10.7. The largest absolute Gasteiger partial charge is 0.368 e. The maximum Gasteiger partial charge on any atom is 0.204 e. The zero-order chi connectivity index (χ0) is 22.4. The molecule has 0 amide bonds. The van der Waals surface area contributed by atoms with Crippen molar-refractivity contribution < 1.29 is 4.39 Å². The summed E-state index contributed by atoms with van der Waals surface area (Å²) in [7, 11) is 0. The molecule has 1 aromatic carbocycles. The molecule has 9 heteroatoms. The molecule has 8 nitrogen and oxygen atoms in total. The summed E-state index contributed by atoms with van der Waals surface area (Å²) < 4.78 is 15.2. The summed E-state index contributed by atoms with van der Waals surface area (Å²) in [6.07, 6.45) is 3.38. The molecule has 1 aromatic heterocycles. The highest BCUT2D eigenvalue weighted by Crippen LogP contribution is 2.30. The Hall–Kier alpha value is -2.94. The SMILES string of the molecule is CCC1CN(c2cc(CC(C)C)cc(F)c2C(N=N)=NN)CCN1Cc1cccnn1. The van der Waals surface area contributed by atoms with E-state index in [1.165, 1.54) is 6.07 Å². The zero-order valence-corrected chi connectivity index (χ0v) is 18.4. The minimum absolute atomic E-state index is 0.0985. The van der Waals surface area contributed by atoms with Gasteiger partial charge in [-0.2, -0.15) is 15.3 Å². The third kappa shape index (κ3) is 5.41. The summed E-state index contributed by atoms with van der Waals surface area (Å²) in [5, 5.41) is 15.1. The number of rotatable bonds is 7. The second kappa shape index (κ2) is 10.4. The fourth-order valence-corrected chi connectivity index (χ4v) is 4.19. The lowest BCUT2D eigenvalue weighted by atomic mass is 9.98. The van der Waals surface area contributed by atoms with Gasteiger partial charge >= 0.3 is 0 Å². The van der Waals surface area contributed by atoms with E-state index in [0.717, 1.165) is 43.7 Å². The summed E-state index contributed by atoms with van der Waals surface area (Å²) in [6.45, 7) is 9.34. The van der Waals surface area contributed by atoms with Gasteiger partial charge in [0.1, 0.15) is 5.82 Å². The van der Waals surface area contributed by atoms with Crippen molar-refractivity contribution in [2.45, 2.75) is 46.2 Å². The average Bonchev–Trinajstić information content (AvgIpc) is 2.76. The van der Waals surface area contributed by atoms with Gasteiger partial charge in [0.05, 0.1) is 16.9 Å². The third-order valence-electron chi connectivity index (χ3n) is 5.63. The van der Waals surface area contributed by atoms with Gasteiger partial charge in [-0.15, -0.1) is 5.11 Å². The summed E-state index contributed by atoms with van der Waals surface area (Å²) >= 11 is 0. The molecule has 2 heterocycles. The van der Waals surface area contributed by atoms with E-state index in [1.54, 1.807) is 6.20 Å². The second-order valence-electron chi connectivity index (χ2n) is 8.33. The Morgan fingerprint density at radius 3 is 2.77 bits per heavy atom. The van der Waals surface area contributed by atoms with Crippen LogP contribution in [0.25, 0.3) is 0 Å². The Kier molecular flexibility index (Phi) is 7.62. The first-order chi connectivity index (χ1) is 15.0. The highest BCUT2D eigenvalue weighted by molar-refractivity contribution is 6.04. The van der Waals surface area contributed by atoms with Crippen LogP contribution in [0.2, 0.25) is 0 Å². The fourth-order valence-electron chi connectivity index (χ4n) is 4.19. The average molecular weight is 427 g/mol. The van der Waals surface area contributed by atoms with Crippen LogP contribution in [-0.4, -0.2) is 46.6 Å². The number of aromatic nitrogens is 2. The highest BCUT2D eigenvalue weighted by atomic mass is 19.1. The van der Waals surface area contributed by atoms with Crippen molar-refractivity contribution >= 4 is 11.5 Å². The molecule has 166 valence electrons. The van der Waals surface area contributed by atoms with E-state index >= 15 is 4.39 Å². The number of hydrogen-bond donors (Lipinski definition) is 2. The number of halogens is 1. The van der Waals surface area contributed by atoms with Crippen LogP contribution < -0.4 is 10.7 Å². The van der Waals surface area contributed by atoms with E-state index in [2.05, 4.69) is 51.0 Å². The van der Waals surface area contributed by atoms with E-state index in [1.807, 2.05) is 18.2 Å². The van der Waals surface area contributed by atoms with Crippen LogP contribution in [0, 0.1) is 17.3 Å². The first kappa shape index (κ1) is 22.7. The molecule has 2 aromatic rings. The van der Waals surface area contributed by atoms with Crippen molar-refractivity contribution in [2.75, 3.05) is 24.5 Å². The van der Waals surface area contributed by atoms with Crippen LogP contribution in [0.5, 0.6) is 0 Å². The van der Waals surface area contributed by atoms with Crippen LogP contribution in [0.4, 0.5) is 10.1 Å². The normalized spacial score (nSPS) is 17.9. The predicted octanol–water partition coefficient (Wildman–Crippen LogP) is 3.57. The molecule has 1 saturated heterocycles. The lowest BCUT2D eigenvalue weighted by Gasteiger charge is -2.42. The Balaban J connectivity index is 1.92. The molecule has 0 aliphatic carbocycles. The van der Waals surface area contributed by atoms with Gasteiger partial charge in [-0.05, 0) is 48.6 Å². The maximum absolute atomic E-state index is 15.2. The molecule has 3 rings (SSSR count). The van der Waals surface area contributed by atoms with Gasteiger partial charge in [0.2, 0.25) is 5.84 Å². The molecule has 1 aliphatic rings. The summed E-state index contributed by atoms with van der Waals surface area (Å²) in [5.41, 5.74) is 10.2. The monoisotopic (exact) mass is 426 g/mol. The van der Waals surface area contributed by atoms with Crippen molar-refractivity contribution in [2.24, 2.45) is 22.0 Å². The lowest BCUT2D eigenvalue weighted by Crippen LogP contribution is -2.53. The quantitative estimate of drug-likeness (QED) is 0.231. The smallest absolute Gasteiger partial charge is 0.204 e. The molecular formula is C22H31FN8. The fraction of sp³-hybridized carbons (Fsp3) is 0.500. The topological polar surface area (TPSA) is 107 Å². The number of hydrogen-bond acceptors (Lipinski definition) is 7. The summed E-state index contributed by atoms with van der Waals surface area (Å²) in [4.78, 5) is 4.56. The number of nitrogens with two attached hydrogens (primary N) is 1. The number of hydrazone groups is 1. The van der Waals surface area contributed by atoms with Gasteiger partial charge in [0.25, 0.3) is 0 Å². The first-order valence-electron chi connectivity index (χ1n) is 10.7. The molecule has 1 aliphatic heterocycles. The molecule has 0 saturated carbocycles. The van der Waals surface area contributed by atoms with Gasteiger partial charge in [-0.3, -0.25) is 4.90 Å². The van der Waals surface area contributed by atoms with Crippen molar-refractivity contribution in [1.29, 1.82) is 5.53 Å². The van der Waals surface area contributed by atoms with E-state index in [-0.39, 0.29) is 17.4 Å². The summed E-state index contributed by atoms with van der Waals surface area (Å²) in [5.74, 6) is 5.29. The van der Waals surface area contributed by atoms with Crippen LogP contribution in [0.15, 0.2) is 40.7 Å². The minimum Gasteiger partial charge on any atom is -0.368 e. The van der Waals surface area contributed by atoms with E-state index in [0.29, 0.717) is 18.2 Å². The van der Waals surface area contributed by atoms with Crippen LogP contribution in [0.3, 0.4) is 0 Å². The number of nitrogens with one attached hydrogen (secondary N) is 1. The number of piperazine rings is 1. The van der Waals surface area contributed by atoms with Crippen LogP contribution in [-0.2, 0) is 13.0 Å². The Labute approximate surface area is 182 Å². The molecule has 0 bridgehead atoms. The summed E-state index contributed by atoms with van der Waals surface area (Å²) in [6, 6.07) is 7.66. The van der Waals surface area contributed by atoms with Gasteiger partial charge in [-0.25, -0.2) is 9.92 Å². The van der Waals surface area contributed by atoms with E-state index in [9.17, 15) is 0 Å². The minimum atomic E-state index is -0.441. The Morgan fingerprint density at radius 2 is 2.16 bits per heavy atom. The van der Waals surface area contributed by atoms with Crippen molar-refractivity contribution in [3.8, 4) is 0 Å². The van der Waals surface area contributed by atoms with E-state index < -0.39 is 5.82 Å². The number of nitrogens with zero attached hydrogens (tertiary/aromatic N) is 6. The molecular weight excluding hydrogens is 395 g/mol. The second-order valence-corrected chi connectivity index (χ2v) is 8.33. The molecule has 1 fully saturated rings. The molecule has 1 unspecified atom stereocenters. The number of benzene rings is 1. The van der Waals surface area contributed by atoms with Crippen LogP contribution >= 0.6 is 0 Å². The maximum atomic E-state index is 15.2. The molecule has 31 heavy (non-hydrogen) atoms. The third-order valence-corrected chi connectivity index (χ3v) is 5.63. The lowest BCUT2D eigenvalue weighted by molar-refractivity contribution is 0.161. The van der Waals surface area contributed by atoms with Gasteiger partial charge in [0, 0.05) is 38.4 Å². The van der Waals surface area contributed by atoms with Crippen molar-refractivity contribution in [3.63, 3.8) is 0 Å². The number of amidine groups is 1. The highest BCUT2D eigenvalue weighted by Gasteiger charge is 2.29. The predicted molar refractivity (Wildman–Crippen MR) is 120 cm³/mol. The van der Waals surface area contributed by atoms with Crippen molar-refractivity contribution in [1.82, 2.24) is 15.1 Å². The Morgan fingerprint density at radius 1 is 1.35 bits per heavy atom.